The van der Waals surface area contributed by atoms with Crippen LogP contribution in [0.4, 0.5) is 0 Å². The normalized spacial score (nSPS) is 11.3. The maximum Gasteiger partial charge on any atom is 0.337 e. The average Bonchev–Trinajstić information content (AvgIpc) is 2.45. The van der Waals surface area contributed by atoms with Gasteiger partial charge in [0.15, 0.2) is 9.84 Å². The Hall–Kier alpha value is -1.86. The van der Waals surface area contributed by atoms with Crippen molar-refractivity contribution in [2.24, 2.45) is 0 Å². The number of pyridine rings is 1. The van der Waals surface area contributed by atoms with Crippen molar-refractivity contribution in [1.82, 2.24) is 4.98 Å². The van der Waals surface area contributed by atoms with Gasteiger partial charge in [-0.2, -0.15) is 0 Å². The Kier molecular flexibility index (Phi) is 4.64. The van der Waals surface area contributed by atoms with Gasteiger partial charge >= 0.3 is 5.97 Å². The first-order valence-corrected chi connectivity index (χ1v) is 8.85. The van der Waals surface area contributed by atoms with Crippen LogP contribution < -0.4 is 0 Å². The Bertz CT molecular complexity index is 738. The van der Waals surface area contributed by atoms with Gasteiger partial charge in [0.25, 0.3) is 0 Å². The topological polar surface area (TPSA) is 84.3 Å². The van der Waals surface area contributed by atoms with Crippen molar-refractivity contribution in [2.45, 2.75) is 15.5 Å². The number of thioether (sulfide) groups is 1. The van der Waals surface area contributed by atoms with Crippen molar-refractivity contribution in [3.63, 3.8) is 0 Å². The number of sulfone groups is 1. The summed E-state index contributed by atoms with van der Waals surface area (Å²) in [7, 11) is -3.18. The van der Waals surface area contributed by atoms with E-state index >= 15 is 0 Å². The Morgan fingerprint density at radius 1 is 1.19 bits per heavy atom. The summed E-state index contributed by atoms with van der Waals surface area (Å²) in [5.41, 5.74) is 0.915. The summed E-state index contributed by atoms with van der Waals surface area (Å²) in [5.74, 6) is -0.420. The van der Waals surface area contributed by atoms with Gasteiger partial charge < -0.3 is 5.11 Å². The summed E-state index contributed by atoms with van der Waals surface area (Å²) in [6.07, 6.45) is 2.49. The van der Waals surface area contributed by atoms with Gasteiger partial charge in [-0.25, -0.2) is 13.2 Å². The lowest BCUT2D eigenvalue weighted by molar-refractivity contribution is 0.0696. The molecule has 0 radical (unpaired) electrons. The largest absolute Gasteiger partial charge is 0.478 e. The molecule has 2 rings (SSSR count). The lowest BCUT2D eigenvalue weighted by atomic mass is 10.2. The molecule has 1 aromatic carbocycles. The van der Waals surface area contributed by atoms with Gasteiger partial charge in [0.1, 0.15) is 0 Å². The number of rotatable bonds is 5. The smallest absolute Gasteiger partial charge is 0.337 e. The van der Waals surface area contributed by atoms with Gasteiger partial charge in [0, 0.05) is 23.1 Å². The van der Waals surface area contributed by atoms with E-state index in [9.17, 15) is 13.2 Å². The van der Waals surface area contributed by atoms with Crippen molar-refractivity contribution < 1.29 is 18.3 Å². The molecule has 0 unspecified atom stereocenters. The van der Waals surface area contributed by atoms with E-state index in [4.69, 9.17) is 5.11 Å². The molecular weight excluding hydrogens is 310 g/mol. The predicted octanol–water partition coefficient (Wildman–Crippen LogP) is 2.48. The van der Waals surface area contributed by atoms with Gasteiger partial charge in [-0.15, -0.1) is 11.8 Å². The molecule has 0 saturated carbocycles. The van der Waals surface area contributed by atoms with E-state index in [1.807, 2.05) is 0 Å². The van der Waals surface area contributed by atoms with Crippen LogP contribution in [0.1, 0.15) is 16.1 Å². The van der Waals surface area contributed by atoms with Crippen molar-refractivity contribution in [2.75, 3.05) is 6.26 Å². The highest BCUT2D eigenvalue weighted by molar-refractivity contribution is 7.98. The Balaban J connectivity index is 2.01. The zero-order chi connectivity index (χ0) is 15.5. The second kappa shape index (κ2) is 6.28. The first-order chi connectivity index (χ1) is 9.86. The first kappa shape index (κ1) is 15.5. The average molecular weight is 323 g/mol. The SMILES string of the molecule is CS(=O)(=O)c1ccc(SCc2ccc(C(=O)O)cn2)cc1. The first-order valence-electron chi connectivity index (χ1n) is 5.97. The lowest BCUT2D eigenvalue weighted by Crippen LogP contribution is -1.98. The van der Waals surface area contributed by atoms with Gasteiger partial charge in [-0.3, -0.25) is 4.98 Å². The fourth-order valence-corrected chi connectivity index (χ4v) is 3.02. The molecule has 0 fully saturated rings. The number of aromatic carboxylic acids is 1. The molecule has 0 saturated heterocycles. The number of carboxylic acids is 1. The van der Waals surface area contributed by atoms with Crippen LogP contribution in [0.15, 0.2) is 52.4 Å². The zero-order valence-corrected chi connectivity index (χ0v) is 12.8. The monoisotopic (exact) mass is 323 g/mol. The summed E-state index contributed by atoms with van der Waals surface area (Å²) >= 11 is 1.50. The molecule has 1 aromatic heterocycles. The molecule has 0 atom stereocenters. The van der Waals surface area contributed by atoms with Gasteiger partial charge in [-0.1, -0.05) is 0 Å². The van der Waals surface area contributed by atoms with E-state index in [1.54, 1.807) is 30.3 Å². The van der Waals surface area contributed by atoms with Crippen molar-refractivity contribution in [3.8, 4) is 0 Å². The maximum absolute atomic E-state index is 11.3. The number of benzene rings is 1. The van der Waals surface area contributed by atoms with Crippen LogP contribution in [0.25, 0.3) is 0 Å². The summed E-state index contributed by atoms with van der Waals surface area (Å²) in [6, 6.07) is 9.80. The van der Waals surface area contributed by atoms with E-state index in [0.717, 1.165) is 10.6 Å². The van der Waals surface area contributed by atoms with Crippen LogP contribution in [0.3, 0.4) is 0 Å². The minimum atomic E-state index is -3.18. The summed E-state index contributed by atoms with van der Waals surface area (Å²) in [5, 5.41) is 8.78. The third-order valence-electron chi connectivity index (χ3n) is 2.71. The van der Waals surface area contributed by atoms with E-state index in [1.165, 1.54) is 30.3 Å². The summed E-state index contributed by atoms with van der Waals surface area (Å²) in [4.78, 5) is 16.0. The molecule has 110 valence electrons. The third-order valence-corrected chi connectivity index (χ3v) is 4.88. The van der Waals surface area contributed by atoms with E-state index in [-0.39, 0.29) is 10.5 Å². The molecule has 1 heterocycles. The highest BCUT2D eigenvalue weighted by atomic mass is 32.2. The fourth-order valence-electron chi connectivity index (χ4n) is 1.58. The standard InChI is InChI=1S/C14H13NO4S2/c1-21(18,19)13-6-4-12(5-7-13)20-9-11-3-2-10(8-15-11)14(16)17/h2-8H,9H2,1H3,(H,16,17). The van der Waals surface area contributed by atoms with Crippen molar-refractivity contribution in [1.29, 1.82) is 0 Å². The van der Waals surface area contributed by atoms with E-state index < -0.39 is 15.8 Å². The molecule has 1 N–H and O–H groups in total. The van der Waals surface area contributed by atoms with E-state index in [0.29, 0.717) is 5.75 Å². The van der Waals surface area contributed by atoms with Crippen molar-refractivity contribution in [3.05, 3.63) is 53.9 Å². The van der Waals surface area contributed by atoms with Crippen molar-refractivity contribution >= 4 is 27.6 Å². The number of hydrogen-bond donors (Lipinski definition) is 1. The highest BCUT2D eigenvalue weighted by Gasteiger charge is 2.07. The Labute approximate surface area is 127 Å². The molecule has 0 bridgehead atoms. The van der Waals surface area contributed by atoms with Crippen LogP contribution in [-0.4, -0.2) is 30.7 Å². The zero-order valence-electron chi connectivity index (χ0n) is 11.2. The fraction of sp³-hybridized carbons (Fsp3) is 0.143. The Morgan fingerprint density at radius 2 is 1.86 bits per heavy atom. The van der Waals surface area contributed by atoms with Crippen LogP contribution in [0, 0.1) is 0 Å². The van der Waals surface area contributed by atoms with Gasteiger partial charge in [-0.05, 0) is 36.4 Å². The molecule has 21 heavy (non-hydrogen) atoms. The molecule has 0 amide bonds. The number of carboxylic acid groups (broad SMARTS) is 1. The quantitative estimate of drug-likeness (QED) is 0.851. The number of hydrogen-bond acceptors (Lipinski definition) is 5. The minimum Gasteiger partial charge on any atom is -0.478 e. The van der Waals surface area contributed by atoms with Crippen LogP contribution in [-0.2, 0) is 15.6 Å². The predicted molar refractivity (Wildman–Crippen MR) is 80.3 cm³/mol. The van der Waals surface area contributed by atoms with Gasteiger partial charge in [0.05, 0.1) is 16.2 Å². The summed E-state index contributed by atoms with van der Waals surface area (Å²) in [6.45, 7) is 0. The lowest BCUT2D eigenvalue weighted by Gasteiger charge is -2.03. The second-order valence-corrected chi connectivity index (χ2v) is 7.44. The molecule has 7 heteroatoms. The Morgan fingerprint density at radius 3 is 2.33 bits per heavy atom. The van der Waals surface area contributed by atoms with Crippen LogP contribution in [0.2, 0.25) is 0 Å². The molecule has 0 aliphatic carbocycles. The van der Waals surface area contributed by atoms with Crippen LogP contribution >= 0.6 is 11.8 Å². The summed E-state index contributed by atoms with van der Waals surface area (Å²) < 4.78 is 22.7. The molecule has 0 aliphatic heterocycles. The number of aromatic nitrogens is 1. The van der Waals surface area contributed by atoms with Crippen LogP contribution in [0.5, 0.6) is 0 Å². The third kappa shape index (κ3) is 4.30. The molecule has 0 aliphatic rings. The highest BCUT2D eigenvalue weighted by Crippen LogP contribution is 2.23. The molecular formula is C14H13NO4S2. The van der Waals surface area contributed by atoms with Gasteiger partial charge in [0.2, 0.25) is 0 Å². The molecule has 2 aromatic rings. The molecule has 0 spiro atoms. The number of nitrogens with zero attached hydrogens (tertiary/aromatic N) is 1. The molecule has 5 nitrogen and oxygen atoms in total. The second-order valence-electron chi connectivity index (χ2n) is 4.38. The van der Waals surface area contributed by atoms with E-state index in [2.05, 4.69) is 4.98 Å². The number of carbonyl (C=O) groups is 1. The minimum absolute atomic E-state index is 0.154. The maximum atomic E-state index is 11.3.